The van der Waals surface area contributed by atoms with Crippen LogP contribution in [0, 0.1) is 0 Å². The van der Waals surface area contributed by atoms with Crippen molar-refractivity contribution in [2.75, 3.05) is 13.1 Å². The van der Waals surface area contributed by atoms with Crippen LogP contribution in [-0.2, 0) is 14.8 Å². The maximum Gasteiger partial charge on any atom is 0.243 e. The van der Waals surface area contributed by atoms with Gasteiger partial charge in [-0.15, -0.1) is 0 Å². The van der Waals surface area contributed by atoms with Gasteiger partial charge in [0, 0.05) is 13.1 Å². The first-order valence-electron chi connectivity index (χ1n) is 5.33. The van der Waals surface area contributed by atoms with Crippen molar-refractivity contribution in [3.05, 3.63) is 24.3 Å². The molecule has 17 heavy (non-hydrogen) atoms. The number of benzene rings is 1. The summed E-state index contributed by atoms with van der Waals surface area (Å²) in [6.07, 6.45) is 3.23. The lowest BCUT2D eigenvalue weighted by Crippen LogP contribution is -2.27. The van der Waals surface area contributed by atoms with Crippen molar-refractivity contribution in [2.24, 2.45) is 4.99 Å². The summed E-state index contributed by atoms with van der Waals surface area (Å²) in [5.74, 6) is 0. The van der Waals surface area contributed by atoms with E-state index in [9.17, 15) is 13.2 Å². The molecule has 1 aliphatic rings. The highest BCUT2D eigenvalue weighted by molar-refractivity contribution is 7.89. The fourth-order valence-electron chi connectivity index (χ4n) is 1.82. The molecule has 1 aliphatic heterocycles. The predicted molar refractivity (Wildman–Crippen MR) is 62.2 cm³/mol. The molecule has 0 spiro atoms. The Balaban J connectivity index is 2.30. The summed E-state index contributed by atoms with van der Waals surface area (Å²) in [7, 11) is -3.38. The van der Waals surface area contributed by atoms with Crippen molar-refractivity contribution in [2.45, 2.75) is 17.7 Å². The quantitative estimate of drug-likeness (QED) is 0.604. The predicted octanol–water partition coefficient (Wildman–Crippen LogP) is 1.44. The standard InChI is InChI=1S/C11H12N2O3S/c14-9-12-10-3-5-11(6-4-10)17(15,16)13-7-1-2-8-13/h3-6H,1-2,7-8H2. The van der Waals surface area contributed by atoms with Gasteiger partial charge in [-0.2, -0.15) is 9.30 Å². The van der Waals surface area contributed by atoms with Gasteiger partial charge < -0.3 is 0 Å². The molecule has 6 heteroatoms. The van der Waals surface area contributed by atoms with Crippen LogP contribution in [0.3, 0.4) is 0 Å². The number of aliphatic imine (C=N–C) groups is 1. The number of carbonyl (C=O) groups excluding carboxylic acids is 1. The summed E-state index contributed by atoms with van der Waals surface area (Å²) in [6, 6.07) is 5.91. The van der Waals surface area contributed by atoms with E-state index >= 15 is 0 Å². The first kappa shape index (κ1) is 12.0. The number of rotatable bonds is 3. The Bertz CT molecular complexity index is 539. The van der Waals surface area contributed by atoms with Gasteiger partial charge in [-0.05, 0) is 37.1 Å². The number of isocyanates is 1. The maximum atomic E-state index is 12.1. The van der Waals surface area contributed by atoms with Crippen LogP contribution in [0.15, 0.2) is 34.2 Å². The third-order valence-electron chi connectivity index (χ3n) is 2.71. The topological polar surface area (TPSA) is 66.8 Å². The monoisotopic (exact) mass is 252 g/mol. The first-order chi connectivity index (χ1) is 8.14. The molecule has 0 atom stereocenters. The highest BCUT2D eigenvalue weighted by atomic mass is 32.2. The van der Waals surface area contributed by atoms with Crippen molar-refractivity contribution in [3.63, 3.8) is 0 Å². The van der Waals surface area contributed by atoms with Gasteiger partial charge in [0.1, 0.15) is 0 Å². The molecule has 90 valence electrons. The van der Waals surface area contributed by atoms with Crippen LogP contribution >= 0.6 is 0 Å². The molecule has 1 aromatic carbocycles. The Labute approximate surface area is 99.8 Å². The fourth-order valence-corrected chi connectivity index (χ4v) is 3.34. The molecule has 1 saturated heterocycles. The van der Waals surface area contributed by atoms with Crippen LogP contribution < -0.4 is 0 Å². The summed E-state index contributed by atoms with van der Waals surface area (Å²) in [5, 5.41) is 0. The zero-order chi connectivity index (χ0) is 12.3. The van der Waals surface area contributed by atoms with Gasteiger partial charge in [-0.25, -0.2) is 13.2 Å². The minimum absolute atomic E-state index is 0.240. The van der Waals surface area contributed by atoms with E-state index in [1.54, 1.807) is 0 Å². The minimum atomic E-state index is -3.38. The first-order valence-corrected chi connectivity index (χ1v) is 6.77. The molecule has 0 aromatic heterocycles. The third kappa shape index (κ3) is 2.44. The van der Waals surface area contributed by atoms with E-state index in [2.05, 4.69) is 4.99 Å². The number of hydrogen-bond acceptors (Lipinski definition) is 4. The average Bonchev–Trinajstić information content (AvgIpc) is 2.84. The van der Waals surface area contributed by atoms with Crippen molar-refractivity contribution < 1.29 is 13.2 Å². The zero-order valence-corrected chi connectivity index (χ0v) is 9.98. The molecular weight excluding hydrogens is 240 g/mol. The van der Waals surface area contributed by atoms with Crippen LogP contribution in [0.2, 0.25) is 0 Å². The molecule has 1 heterocycles. The Morgan fingerprint density at radius 3 is 2.24 bits per heavy atom. The Hall–Kier alpha value is -1.49. The van der Waals surface area contributed by atoms with Gasteiger partial charge in [0.25, 0.3) is 0 Å². The minimum Gasteiger partial charge on any atom is -0.211 e. The zero-order valence-electron chi connectivity index (χ0n) is 9.17. The van der Waals surface area contributed by atoms with Crippen LogP contribution in [0.25, 0.3) is 0 Å². The average molecular weight is 252 g/mol. The van der Waals surface area contributed by atoms with Crippen molar-refractivity contribution in [1.29, 1.82) is 0 Å². The van der Waals surface area contributed by atoms with Gasteiger partial charge in [0.05, 0.1) is 10.6 Å². The molecule has 0 radical (unpaired) electrons. The van der Waals surface area contributed by atoms with Crippen LogP contribution in [0.1, 0.15) is 12.8 Å². The Kier molecular flexibility index (Phi) is 3.38. The molecule has 0 saturated carbocycles. The molecule has 0 aliphatic carbocycles. The normalized spacial score (nSPS) is 16.7. The fraction of sp³-hybridized carbons (Fsp3) is 0.364. The van der Waals surface area contributed by atoms with Crippen LogP contribution in [0.5, 0.6) is 0 Å². The SMILES string of the molecule is O=C=Nc1ccc(S(=O)(=O)N2CCCC2)cc1. The van der Waals surface area contributed by atoms with E-state index in [0.717, 1.165) is 12.8 Å². The van der Waals surface area contributed by atoms with Gasteiger partial charge >= 0.3 is 0 Å². The van der Waals surface area contributed by atoms with Crippen molar-refractivity contribution in [3.8, 4) is 0 Å². The maximum absolute atomic E-state index is 12.1. The summed E-state index contributed by atoms with van der Waals surface area (Å²) in [5.41, 5.74) is 0.403. The van der Waals surface area contributed by atoms with E-state index in [0.29, 0.717) is 18.8 Å². The lowest BCUT2D eigenvalue weighted by Gasteiger charge is -2.15. The van der Waals surface area contributed by atoms with E-state index < -0.39 is 10.0 Å². The van der Waals surface area contributed by atoms with E-state index in [1.807, 2.05) is 0 Å². The van der Waals surface area contributed by atoms with Gasteiger partial charge in [0.2, 0.25) is 16.1 Å². The number of sulfonamides is 1. The van der Waals surface area contributed by atoms with Gasteiger partial charge in [-0.3, -0.25) is 0 Å². The second-order valence-electron chi connectivity index (χ2n) is 3.81. The second kappa shape index (κ2) is 4.79. The van der Waals surface area contributed by atoms with Gasteiger partial charge in [0.15, 0.2) is 0 Å². The highest BCUT2D eigenvalue weighted by Crippen LogP contribution is 2.22. The van der Waals surface area contributed by atoms with E-state index in [4.69, 9.17) is 0 Å². The Morgan fingerprint density at radius 2 is 1.71 bits per heavy atom. The molecule has 0 bridgehead atoms. The molecule has 1 aromatic rings. The second-order valence-corrected chi connectivity index (χ2v) is 5.75. The van der Waals surface area contributed by atoms with E-state index in [1.165, 1.54) is 34.7 Å². The summed E-state index contributed by atoms with van der Waals surface area (Å²) in [4.78, 5) is 13.7. The summed E-state index contributed by atoms with van der Waals surface area (Å²) < 4.78 is 25.7. The van der Waals surface area contributed by atoms with Crippen molar-refractivity contribution in [1.82, 2.24) is 4.31 Å². The lowest BCUT2D eigenvalue weighted by molar-refractivity contribution is 0.477. The molecule has 5 nitrogen and oxygen atoms in total. The Morgan fingerprint density at radius 1 is 1.12 bits per heavy atom. The van der Waals surface area contributed by atoms with E-state index in [-0.39, 0.29) is 4.90 Å². The lowest BCUT2D eigenvalue weighted by atomic mass is 10.3. The third-order valence-corrected chi connectivity index (χ3v) is 4.63. The smallest absolute Gasteiger partial charge is 0.211 e. The van der Waals surface area contributed by atoms with Crippen LogP contribution in [0.4, 0.5) is 5.69 Å². The molecular formula is C11H12N2O3S. The van der Waals surface area contributed by atoms with Gasteiger partial charge in [-0.1, -0.05) is 0 Å². The molecule has 2 rings (SSSR count). The summed E-state index contributed by atoms with van der Waals surface area (Å²) >= 11 is 0. The summed E-state index contributed by atoms with van der Waals surface area (Å²) in [6.45, 7) is 1.16. The van der Waals surface area contributed by atoms with Crippen LogP contribution in [-0.4, -0.2) is 31.9 Å². The number of nitrogens with zero attached hydrogens (tertiary/aromatic N) is 2. The molecule has 0 amide bonds. The largest absolute Gasteiger partial charge is 0.243 e. The highest BCUT2D eigenvalue weighted by Gasteiger charge is 2.26. The van der Waals surface area contributed by atoms with Crippen molar-refractivity contribution >= 4 is 21.8 Å². The molecule has 1 fully saturated rings. The molecule has 0 N–H and O–H groups in total. The molecule has 0 unspecified atom stereocenters. The number of hydrogen-bond donors (Lipinski definition) is 0.